The first-order valence-corrected chi connectivity index (χ1v) is 9.40. The Bertz CT molecular complexity index is 984. The smallest absolute Gasteiger partial charge is 0.333 e. The summed E-state index contributed by atoms with van der Waals surface area (Å²) in [7, 11) is 0. The van der Waals surface area contributed by atoms with Crippen LogP contribution in [0.15, 0.2) is 54.6 Å². The highest BCUT2D eigenvalue weighted by Crippen LogP contribution is 2.30. The number of nitrogens with zero attached hydrogens (tertiary/aromatic N) is 1. The predicted molar refractivity (Wildman–Crippen MR) is 109 cm³/mol. The van der Waals surface area contributed by atoms with E-state index in [1.54, 1.807) is 6.92 Å². The number of unbranched alkanes of at least 4 members (excludes halogenated alkanes) is 3. The van der Waals surface area contributed by atoms with Crippen LogP contribution >= 0.6 is 0 Å². The second-order valence-electron chi connectivity index (χ2n) is 6.89. The molecule has 3 rings (SSSR count). The van der Waals surface area contributed by atoms with Crippen LogP contribution in [-0.4, -0.2) is 23.4 Å². The number of esters is 1. The number of para-hydroxylation sites is 1. The number of hydrogen-bond acceptors (Lipinski definition) is 3. The van der Waals surface area contributed by atoms with Crippen molar-refractivity contribution in [2.75, 3.05) is 6.61 Å². The second kappa shape index (κ2) is 8.67. The molecule has 0 unspecified atom stereocenters. The van der Waals surface area contributed by atoms with Crippen LogP contribution in [0.2, 0.25) is 0 Å². The summed E-state index contributed by atoms with van der Waals surface area (Å²) in [4.78, 5) is 22.5. The zero-order valence-electron chi connectivity index (χ0n) is 15.7. The number of rotatable bonds is 9. The zero-order chi connectivity index (χ0) is 19.2. The normalized spacial score (nSPS) is 11.0. The van der Waals surface area contributed by atoms with E-state index in [9.17, 15) is 9.59 Å². The van der Waals surface area contributed by atoms with E-state index in [0.29, 0.717) is 17.7 Å². The summed E-state index contributed by atoms with van der Waals surface area (Å²) in [6.45, 7) is 6.62. The van der Waals surface area contributed by atoms with Crippen LogP contribution < -0.4 is 0 Å². The lowest BCUT2D eigenvalue weighted by Gasteiger charge is -2.08. The van der Waals surface area contributed by atoms with Crippen LogP contribution in [0, 0.1) is 0 Å². The molecule has 0 aliphatic heterocycles. The number of carbonyl (C=O) groups excluding carboxylic acids is 2. The number of carbonyl (C=O) groups is 2. The molecule has 1 aromatic heterocycles. The Morgan fingerprint density at radius 3 is 2.56 bits per heavy atom. The molecule has 0 saturated heterocycles. The van der Waals surface area contributed by atoms with Crippen LogP contribution in [0.25, 0.3) is 21.8 Å². The number of benzene rings is 2. The molecule has 27 heavy (non-hydrogen) atoms. The summed E-state index contributed by atoms with van der Waals surface area (Å²) >= 11 is 0. The summed E-state index contributed by atoms with van der Waals surface area (Å²) in [5.74, 6) is -0.310. The molecule has 0 fully saturated rings. The Morgan fingerprint density at radius 1 is 1.04 bits per heavy atom. The molecule has 2 aromatic carbocycles. The van der Waals surface area contributed by atoms with Crippen LogP contribution in [0.3, 0.4) is 0 Å². The highest BCUT2D eigenvalue weighted by atomic mass is 16.5. The molecule has 4 nitrogen and oxygen atoms in total. The van der Waals surface area contributed by atoms with Gasteiger partial charge in [0.1, 0.15) is 6.29 Å². The van der Waals surface area contributed by atoms with Crippen LogP contribution in [0.1, 0.15) is 43.0 Å². The topological polar surface area (TPSA) is 48.3 Å². The van der Waals surface area contributed by atoms with Crippen LogP contribution in [0.4, 0.5) is 0 Å². The van der Waals surface area contributed by atoms with E-state index in [1.807, 2.05) is 30.3 Å². The van der Waals surface area contributed by atoms with E-state index in [1.165, 1.54) is 10.9 Å². The first-order valence-electron chi connectivity index (χ1n) is 9.40. The lowest BCUT2D eigenvalue weighted by molar-refractivity contribution is -0.139. The fraction of sp³-hybridized carbons (Fsp3) is 0.304. The van der Waals surface area contributed by atoms with Crippen molar-refractivity contribution < 1.29 is 14.3 Å². The van der Waals surface area contributed by atoms with E-state index in [4.69, 9.17) is 4.74 Å². The molecule has 0 bridgehead atoms. The molecule has 0 saturated carbocycles. The zero-order valence-corrected chi connectivity index (χ0v) is 15.7. The molecule has 0 radical (unpaired) electrons. The molecule has 3 aromatic rings. The van der Waals surface area contributed by atoms with Crippen molar-refractivity contribution in [3.63, 3.8) is 0 Å². The average Bonchev–Trinajstić information content (AvgIpc) is 3.00. The van der Waals surface area contributed by atoms with Crippen molar-refractivity contribution in [3.05, 3.63) is 60.2 Å². The van der Waals surface area contributed by atoms with Crippen molar-refractivity contribution in [2.24, 2.45) is 0 Å². The third kappa shape index (κ3) is 4.27. The Labute approximate surface area is 159 Å². The van der Waals surface area contributed by atoms with Crippen molar-refractivity contribution in [3.8, 4) is 0 Å². The molecule has 0 amide bonds. The summed E-state index contributed by atoms with van der Waals surface area (Å²) in [5, 5.41) is 2.31. The maximum atomic E-state index is 11.3. The number of ether oxygens (including phenoxy) is 1. The number of aryl methyl sites for hydroxylation is 1. The summed E-state index contributed by atoms with van der Waals surface area (Å²) in [6.07, 6.45) is 4.92. The van der Waals surface area contributed by atoms with Gasteiger partial charge in [-0.1, -0.05) is 31.2 Å². The number of hydrogen-bond donors (Lipinski definition) is 0. The van der Waals surface area contributed by atoms with Crippen LogP contribution in [-0.2, 0) is 16.1 Å². The van der Waals surface area contributed by atoms with Crippen LogP contribution in [0.5, 0.6) is 0 Å². The fourth-order valence-electron chi connectivity index (χ4n) is 3.40. The molecule has 0 aliphatic carbocycles. The SMILES string of the molecule is C=C(C)C(=O)OCCCCCCn1c2ccccc2c2cc(C=O)ccc21. The van der Waals surface area contributed by atoms with Gasteiger partial charge in [0.25, 0.3) is 0 Å². The van der Waals surface area contributed by atoms with Gasteiger partial charge in [0.2, 0.25) is 0 Å². The van der Waals surface area contributed by atoms with Gasteiger partial charge in [-0.3, -0.25) is 4.79 Å². The summed E-state index contributed by atoms with van der Waals surface area (Å²) < 4.78 is 7.45. The van der Waals surface area contributed by atoms with Gasteiger partial charge >= 0.3 is 5.97 Å². The molecule has 1 heterocycles. The van der Waals surface area contributed by atoms with E-state index in [2.05, 4.69) is 23.3 Å². The average molecular weight is 363 g/mol. The van der Waals surface area contributed by atoms with Crippen molar-refractivity contribution >= 4 is 34.1 Å². The number of fused-ring (bicyclic) bond motifs is 3. The Kier molecular flexibility index (Phi) is 6.07. The molecule has 4 heteroatoms. The molecule has 0 N–H and O–H groups in total. The minimum absolute atomic E-state index is 0.310. The molecular formula is C23H25NO3. The van der Waals surface area contributed by atoms with E-state index in [0.717, 1.165) is 49.4 Å². The molecular weight excluding hydrogens is 338 g/mol. The predicted octanol–water partition coefficient (Wildman–Crippen LogP) is 5.29. The van der Waals surface area contributed by atoms with Gasteiger partial charge in [0.15, 0.2) is 0 Å². The van der Waals surface area contributed by atoms with Gasteiger partial charge in [-0.25, -0.2) is 4.79 Å². The Morgan fingerprint density at radius 2 is 1.78 bits per heavy atom. The van der Waals surface area contributed by atoms with Crippen molar-refractivity contribution in [2.45, 2.75) is 39.2 Å². The third-order valence-electron chi connectivity index (χ3n) is 4.79. The van der Waals surface area contributed by atoms with Gasteiger partial charge in [-0.05, 0) is 50.5 Å². The maximum absolute atomic E-state index is 11.3. The van der Waals surface area contributed by atoms with Gasteiger partial charge in [0.05, 0.1) is 6.61 Å². The molecule has 0 atom stereocenters. The minimum atomic E-state index is -0.310. The van der Waals surface area contributed by atoms with Crippen molar-refractivity contribution in [1.82, 2.24) is 4.57 Å². The Hall–Kier alpha value is -2.88. The quantitative estimate of drug-likeness (QED) is 0.225. The summed E-state index contributed by atoms with van der Waals surface area (Å²) in [6, 6.07) is 14.2. The van der Waals surface area contributed by atoms with E-state index < -0.39 is 0 Å². The van der Waals surface area contributed by atoms with Gasteiger partial charge in [0, 0.05) is 39.5 Å². The fourth-order valence-corrected chi connectivity index (χ4v) is 3.40. The van der Waals surface area contributed by atoms with E-state index in [-0.39, 0.29) is 5.97 Å². The molecule has 0 aliphatic rings. The largest absolute Gasteiger partial charge is 0.462 e. The van der Waals surface area contributed by atoms with E-state index >= 15 is 0 Å². The molecule has 0 spiro atoms. The van der Waals surface area contributed by atoms with Gasteiger partial charge in [-0.2, -0.15) is 0 Å². The highest BCUT2D eigenvalue weighted by molar-refractivity contribution is 6.09. The molecule has 140 valence electrons. The summed E-state index contributed by atoms with van der Waals surface area (Å²) in [5.41, 5.74) is 3.51. The maximum Gasteiger partial charge on any atom is 0.333 e. The second-order valence-corrected chi connectivity index (χ2v) is 6.89. The van der Waals surface area contributed by atoms with Gasteiger partial charge < -0.3 is 9.30 Å². The number of aldehydes is 1. The van der Waals surface area contributed by atoms with Crippen molar-refractivity contribution in [1.29, 1.82) is 0 Å². The first-order chi connectivity index (χ1) is 13.1. The van der Waals surface area contributed by atoms with Gasteiger partial charge in [-0.15, -0.1) is 0 Å². The standard InChI is InChI=1S/C23H25NO3/c1-17(2)23(26)27-14-8-4-3-7-13-24-21-10-6-5-9-19(21)20-15-18(16-25)11-12-22(20)24/h5-6,9-12,15-16H,1,3-4,7-8,13-14H2,2H3. The number of aromatic nitrogens is 1. The lowest BCUT2D eigenvalue weighted by atomic mass is 10.1. The Balaban J connectivity index is 1.62. The third-order valence-corrected chi connectivity index (χ3v) is 4.79. The monoisotopic (exact) mass is 363 g/mol. The first kappa shape index (κ1) is 18.9. The lowest BCUT2D eigenvalue weighted by Crippen LogP contribution is -2.06. The minimum Gasteiger partial charge on any atom is -0.462 e. The highest BCUT2D eigenvalue weighted by Gasteiger charge is 2.10.